The summed E-state index contributed by atoms with van der Waals surface area (Å²) in [6, 6.07) is 6.65. The highest BCUT2D eigenvalue weighted by Crippen LogP contribution is 2.37. The summed E-state index contributed by atoms with van der Waals surface area (Å²) < 4.78 is 11.3. The van der Waals surface area contributed by atoms with Gasteiger partial charge in [0.1, 0.15) is 19.0 Å². The number of nitrogens with zero attached hydrogens (tertiary/aromatic N) is 1. The Morgan fingerprint density at radius 3 is 2.67 bits per heavy atom. The number of pyridine rings is 1. The molecule has 2 aliphatic heterocycles. The van der Waals surface area contributed by atoms with Crippen molar-refractivity contribution in [3.63, 3.8) is 0 Å². The fourth-order valence-corrected chi connectivity index (χ4v) is 3.97. The molecule has 1 aromatic heterocycles. The molecule has 4 rings (SSSR count). The van der Waals surface area contributed by atoms with E-state index in [0.29, 0.717) is 19.3 Å². The van der Waals surface area contributed by atoms with Crippen LogP contribution in [-0.2, 0) is 0 Å². The number of anilines is 1. The van der Waals surface area contributed by atoms with Crippen molar-refractivity contribution < 1.29 is 9.47 Å². The number of hydrogen-bond acceptors (Lipinski definition) is 5. The van der Waals surface area contributed by atoms with Crippen molar-refractivity contribution in [2.24, 2.45) is 0 Å². The Bertz CT molecular complexity index is 656. The van der Waals surface area contributed by atoms with Gasteiger partial charge in [-0.1, -0.05) is 0 Å². The van der Waals surface area contributed by atoms with E-state index in [1.807, 2.05) is 30.1 Å². The molecule has 110 valence electrons. The Morgan fingerprint density at radius 1 is 1.10 bits per heavy atom. The smallest absolute Gasteiger partial charge is 0.162 e. The van der Waals surface area contributed by atoms with Gasteiger partial charge in [0.25, 0.3) is 0 Å². The van der Waals surface area contributed by atoms with E-state index >= 15 is 0 Å². The molecule has 5 heteroatoms. The number of aromatic nitrogens is 1. The van der Waals surface area contributed by atoms with Gasteiger partial charge in [0, 0.05) is 17.6 Å². The van der Waals surface area contributed by atoms with Gasteiger partial charge in [-0.25, -0.2) is 4.98 Å². The van der Waals surface area contributed by atoms with Crippen LogP contribution in [0.4, 0.5) is 5.82 Å². The van der Waals surface area contributed by atoms with Crippen molar-refractivity contribution in [2.45, 2.75) is 18.9 Å². The first-order valence-corrected chi connectivity index (χ1v) is 8.58. The van der Waals surface area contributed by atoms with Crippen LogP contribution in [0.1, 0.15) is 12.8 Å². The lowest BCUT2D eigenvalue weighted by molar-refractivity contribution is 0.172. The first kappa shape index (κ1) is 13.1. The summed E-state index contributed by atoms with van der Waals surface area (Å²) in [6.07, 6.45) is 4.26. The Balaban J connectivity index is 1.71. The molecule has 2 aliphatic rings. The standard InChI is InChI=1S/C16H18N2O2S/c1-4-17-16(18-12-2-7-21-8-3-12)13-10-15-14(9-11(1)13)19-5-6-20-15/h1,4,9-10,12H,2-3,5-8H2,(H,17,18). The van der Waals surface area contributed by atoms with Crippen LogP contribution in [0.15, 0.2) is 24.4 Å². The molecule has 0 aliphatic carbocycles. The van der Waals surface area contributed by atoms with Crippen LogP contribution >= 0.6 is 11.8 Å². The summed E-state index contributed by atoms with van der Waals surface area (Å²) in [5.74, 6) is 5.08. The molecule has 0 radical (unpaired) electrons. The molecule has 0 saturated carbocycles. The maximum absolute atomic E-state index is 5.69. The number of thioether (sulfide) groups is 1. The Labute approximate surface area is 128 Å². The Hall–Kier alpha value is -1.62. The molecule has 4 nitrogen and oxygen atoms in total. The van der Waals surface area contributed by atoms with E-state index in [9.17, 15) is 0 Å². The number of ether oxygens (including phenoxy) is 2. The molecule has 1 N–H and O–H groups in total. The van der Waals surface area contributed by atoms with E-state index < -0.39 is 0 Å². The van der Waals surface area contributed by atoms with Crippen molar-refractivity contribution in [3.05, 3.63) is 24.4 Å². The van der Waals surface area contributed by atoms with Gasteiger partial charge in [-0.3, -0.25) is 0 Å². The SMILES string of the molecule is c1cc2cc3c(cc2c(NC2CCSCC2)n1)OCCO3. The fraction of sp³-hybridized carbons (Fsp3) is 0.438. The lowest BCUT2D eigenvalue weighted by Crippen LogP contribution is -2.25. The van der Waals surface area contributed by atoms with E-state index in [1.165, 1.54) is 24.3 Å². The van der Waals surface area contributed by atoms with Gasteiger partial charge in [-0.2, -0.15) is 11.8 Å². The molecule has 0 spiro atoms. The summed E-state index contributed by atoms with van der Waals surface area (Å²) >= 11 is 2.03. The zero-order valence-corrected chi connectivity index (χ0v) is 12.6. The molecule has 3 heterocycles. The predicted octanol–water partition coefficient (Wildman–Crippen LogP) is 3.31. The highest BCUT2D eigenvalue weighted by atomic mass is 32.2. The maximum atomic E-state index is 5.69. The molecule has 21 heavy (non-hydrogen) atoms. The van der Waals surface area contributed by atoms with Crippen LogP contribution in [0.3, 0.4) is 0 Å². The van der Waals surface area contributed by atoms with Gasteiger partial charge in [0.05, 0.1) is 0 Å². The maximum Gasteiger partial charge on any atom is 0.162 e. The summed E-state index contributed by atoms with van der Waals surface area (Å²) in [7, 11) is 0. The van der Waals surface area contributed by atoms with Crippen molar-refractivity contribution in [1.29, 1.82) is 0 Å². The molecular formula is C16H18N2O2S. The Kier molecular flexibility index (Phi) is 3.51. The zero-order valence-electron chi connectivity index (χ0n) is 11.8. The van der Waals surface area contributed by atoms with Crippen LogP contribution < -0.4 is 14.8 Å². The fourth-order valence-electron chi connectivity index (χ4n) is 2.86. The van der Waals surface area contributed by atoms with E-state index in [1.54, 1.807) is 0 Å². The van der Waals surface area contributed by atoms with Crippen LogP contribution in [-0.4, -0.2) is 35.7 Å². The second kappa shape index (κ2) is 5.64. The number of nitrogens with one attached hydrogen (secondary N) is 1. The highest BCUT2D eigenvalue weighted by Gasteiger charge is 2.17. The van der Waals surface area contributed by atoms with Crippen LogP contribution in [0.2, 0.25) is 0 Å². The largest absolute Gasteiger partial charge is 0.486 e. The minimum Gasteiger partial charge on any atom is -0.486 e. The van der Waals surface area contributed by atoms with E-state index in [2.05, 4.69) is 16.4 Å². The quantitative estimate of drug-likeness (QED) is 0.922. The van der Waals surface area contributed by atoms with Crippen molar-refractivity contribution in [3.8, 4) is 11.5 Å². The van der Waals surface area contributed by atoms with Crippen molar-refractivity contribution in [1.82, 2.24) is 4.98 Å². The van der Waals surface area contributed by atoms with E-state index in [0.717, 1.165) is 28.1 Å². The summed E-state index contributed by atoms with van der Waals surface area (Å²) in [5.41, 5.74) is 0. The molecular weight excluding hydrogens is 284 g/mol. The first-order chi connectivity index (χ1) is 10.4. The summed E-state index contributed by atoms with van der Waals surface area (Å²) in [6.45, 7) is 1.23. The van der Waals surface area contributed by atoms with E-state index in [4.69, 9.17) is 9.47 Å². The van der Waals surface area contributed by atoms with Crippen LogP contribution in [0.25, 0.3) is 10.8 Å². The molecule has 0 unspecified atom stereocenters. The van der Waals surface area contributed by atoms with Crippen LogP contribution in [0.5, 0.6) is 11.5 Å². The molecule has 1 aromatic carbocycles. The molecule has 1 fully saturated rings. The molecule has 0 amide bonds. The average molecular weight is 302 g/mol. The number of fused-ring (bicyclic) bond motifs is 2. The zero-order chi connectivity index (χ0) is 14.1. The van der Waals surface area contributed by atoms with Gasteiger partial charge in [-0.15, -0.1) is 0 Å². The number of rotatable bonds is 2. The van der Waals surface area contributed by atoms with Gasteiger partial charge in [0.2, 0.25) is 0 Å². The number of hydrogen-bond donors (Lipinski definition) is 1. The predicted molar refractivity (Wildman–Crippen MR) is 86.7 cm³/mol. The highest BCUT2D eigenvalue weighted by molar-refractivity contribution is 7.99. The van der Waals surface area contributed by atoms with Gasteiger partial charge < -0.3 is 14.8 Å². The lowest BCUT2D eigenvalue weighted by atomic mass is 10.1. The molecule has 0 bridgehead atoms. The second-order valence-electron chi connectivity index (χ2n) is 5.41. The Morgan fingerprint density at radius 2 is 1.86 bits per heavy atom. The second-order valence-corrected chi connectivity index (χ2v) is 6.63. The average Bonchev–Trinajstić information content (AvgIpc) is 2.54. The van der Waals surface area contributed by atoms with Gasteiger partial charge >= 0.3 is 0 Å². The monoisotopic (exact) mass is 302 g/mol. The van der Waals surface area contributed by atoms with Crippen LogP contribution in [0, 0.1) is 0 Å². The third-order valence-corrected chi connectivity index (χ3v) is 5.04. The lowest BCUT2D eigenvalue weighted by Gasteiger charge is -2.24. The first-order valence-electron chi connectivity index (χ1n) is 7.43. The van der Waals surface area contributed by atoms with Crippen molar-refractivity contribution >= 4 is 28.4 Å². The molecule has 1 saturated heterocycles. The number of benzene rings is 1. The topological polar surface area (TPSA) is 43.4 Å². The molecule has 0 atom stereocenters. The van der Waals surface area contributed by atoms with E-state index in [-0.39, 0.29) is 0 Å². The van der Waals surface area contributed by atoms with Gasteiger partial charge in [-0.05, 0) is 47.9 Å². The summed E-state index contributed by atoms with van der Waals surface area (Å²) in [4.78, 5) is 4.54. The third kappa shape index (κ3) is 2.62. The third-order valence-electron chi connectivity index (χ3n) is 3.99. The molecule has 2 aromatic rings. The summed E-state index contributed by atoms with van der Waals surface area (Å²) in [5, 5.41) is 5.86. The minimum absolute atomic E-state index is 0.526. The minimum atomic E-state index is 0.526. The van der Waals surface area contributed by atoms with Gasteiger partial charge in [0.15, 0.2) is 11.5 Å². The normalized spacial score (nSPS) is 18.7. The van der Waals surface area contributed by atoms with Crippen molar-refractivity contribution in [2.75, 3.05) is 30.0 Å².